The molecule has 5 heteroatoms. The van der Waals surface area contributed by atoms with Crippen LogP contribution in [0.3, 0.4) is 0 Å². The fourth-order valence-electron chi connectivity index (χ4n) is 0.632. The number of rotatable bonds is 4. The Bertz CT molecular complexity index is 237. The van der Waals surface area contributed by atoms with E-state index in [2.05, 4.69) is 0 Å². The Morgan fingerprint density at radius 1 is 1.29 bits per heavy atom. The first-order valence-electron chi connectivity index (χ1n) is 4.63. The first-order chi connectivity index (χ1) is 6.02. The van der Waals surface area contributed by atoms with Crippen LogP contribution in [0.4, 0.5) is 0 Å². The number of hydrogen-bond donors (Lipinski definition) is 0. The van der Waals surface area contributed by atoms with E-state index in [1.807, 2.05) is 40.4 Å². The van der Waals surface area contributed by atoms with E-state index >= 15 is 0 Å². The molecular formula is C9H20O3SSi. The zero-order valence-electron chi connectivity index (χ0n) is 9.84. The molecular weight excluding hydrogens is 216 g/mol. The zero-order valence-corrected chi connectivity index (χ0v) is 11.7. The van der Waals surface area contributed by atoms with Crippen LogP contribution in [-0.2, 0) is 19.7 Å². The molecule has 1 atom stereocenters. The summed E-state index contributed by atoms with van der Waals surface area (Å²) in [7, 11) is -1.80. The summed E-state index contributed by atoms with van der Waals surface area (Å²) in [5.41, 5.74) is -0.432. The van der Waals surface area contributed by atoms with Crippen molar-refractivity contribution >= 4 is 25.2 Å². The van der Waals surface area contributed by atoms with Crippen molar-refractivity contribution < 1.29 is 12.9 Å². The first-order valence-corrected chi connectivity index (χ1v) is 9.29. The quantitative estimate of drug-likeness (QED) is 0.702. The van der Waals surface area contributed by atoms with Crippen LogP contribution >= 0.6 is 0 Å². The molecule has 0 N–H and O–H groups in total. The van der Waals surface area contributed by atoms with Crippen LogP contribution in [0.15, 0.2) is 0 Å². The Morgan fingerprint density at radius 2 is 1.71 bits per heavy atom. The minimum Gasteiger partial charge on any atom is -0.335 e. The largest absolute Gasteiger partial charge is 0.335 e. The molecule has 0 aliphatic heterocycles. The van der Waals surface area contributed by atoms with Gasteiger partial charge < -0.3 is 3.87 Å². The van der Waals surface area contributed by atoms with Gasteiger partial charge in [0.25, 0.3) is 0 Å². The van der Waals surface area contributed by atoms with Crippen molar-refractivity contribution in [2.24, 2.45) is 5.41 Å². The van der Waals surface area contributed by atoms with Crippen molar-refractivity contribution in [2.75, 3.05) is 5.75 Å². The number of ketones is 1. The Labute approximate surface area is 90.0 Å². The van der Waals surface area contributed by atoms with Gasteiger partial charge in [0, 0.05) is 5.41 Å². The molecule has 0 bridgehead atoms. The van der Waals surface area contributed by atoms with Gasteiger partial charge in [-0.25, -0.2) is 4.21 Å². The summed E-state index contributed by atoms with van der Waals surface area (Å²) in [4.78, 5) is 11.5. The molecule has 0 heterocycles. The molecule has 1 unspecified atom stereocenters. The lowest BCUT2D eigenvalue weighted by Crippen LogP contribution is -2.32. The van der Waals surface area contributed by atoms with Crippen LogP contribution in [0.25, 0.3) is 0 Å². The van der Waals surface area contributed by atoms with E-state index in [4.69, 9.17) is 3.87 Å². The molecule has 0 aromatic carbocycles. The average molecular weight is 236 g/mol. The Hall–Kier alpha value is -0.00312. The molecule has 0 saturated carbocycles. The van der Waals surface area contributed by atoms with Gasteiger partial charge in [-0.1, -0.05) is 20.8 Å². The smallest absolute Gasteiger partial charge is 0.205 e. The van der Waals surface area contributed by atoms with Gasteiger partial charge in [-0.3, -0.25) is 4.79 Å². The summed E-state index contributed by atoms with van der Waals surface area (Å²) in [6.07, 6.45) is 0. The Balaban J connectivity index is 4.16. The third-order valence-corrected chi connectivity index (χ3v) is 4.67. The van der Waals surface area contributed by atoms with E-state index in [0.29, 0.717) is 0 Å². The number of Topliss-reactive ketones (excluding diaryl/α,β-unsaturated/α-hetero) is 1. The fraction of sp³-hybridized carbons (Fsp3) is 0.889. The number of carbonyl (C=O) groups excluding carboxylic acids is 1. The third-order valence-electron chi connectivity index (χ3n) is 1.43. The van der Waals surface area contributed by atoms with Crippen molar-refractivity contribution in [3.05, 3.63) is 0 Å². The van der Waals surface area contributed by atoms with Crippen LogP contribution < -0.4 is 0 Å². The second-order valence-electron chi connectivity index (χ2n) is 5.32. The first kappa shape index (κ1) is 14.0. The van der Waals surface area contributed by atoms with Gasteiger partial charge in [0.05, 0.1) is 0 Å². The van der Waals surface area contributed by atoms with E-state index in [1.165, 1.54) is 0 Å². The van der Waals surface area contributed by atoms with Crippen molar-refractivity contribution in [3.8, 4) is 0 Å². The molecule has 0 spiro atoms. The molecule has 0 radical (unpaired) electrons. The third kappa shape index (κ3) is 6.45. The predicted octanol–water partition coefficient (Wildman–Crippen LogP) is 2.12. The summed E-state index contributed by atoms with van der Waals surface area (Å²) < 4.78 is 16.7. The van der Waals surface area contributed by atoms with Crippen LogP contribution in [0.2, 0.25) is 19.6 Å². The highest BCUT2D eigenvalue weighted by Gasteiger charge is 2.26. The van der Waals surface area contributed by atoms with Gasteiger partial charge in [-0.15, -0.1) is 0 Å². The molecule has 0 saturated heterocycles. The van der Waals surface area contributed by atoms with Crippen molar-refractivity contribution in [1.82, 2.24) is 0 Å². The van der Waals surface area contributed by atoms with Crippen molar-refractivity contribution in [2.45, 2.75) is 40.4 Å². The predicted molar refractivity (Wildman–Crippen MR) is 61.9 cm³/mol. The molecule has 3 nitrogen and oxygen atoms in total. The minimum atomic E-state index is -1.80. The van der Waals surface area contributed by atoms with Gasteiger partial charge in [-0.05, 0) is 19.6 Å². The molecule has 84 valence electrons. The highest BCUT2D eigenvalue weighted by atomic mass is 32.2. The lowest BCUT2D eigenvalue weighted by molar-refractivity contribution is -0.123. The maximum Gasteiger partial charge on any atom is 0.205 e. The van der Waals surface area contributed by atoms with Crippen LogP contribution in [0.5, 0.6) is 0 Å². The molecule has 0 aromatic rings. The maximum absolute atomic E-state index is 11.5. The summed E-state index contributed by atoms with van der Waals surface area (Å²) in [5, 5.41) is 0. The second kappa shape index (κ2) is 4.68. The maximum atomic E-state index is 11.5. The molecule has 0 aliphatic carbocycles. The highest BCUT2D eigenvalue weighted by Crippen LogP contribution is 2.16. The fourth-order valence-corrected chi connectivity index (χ4v) is 3.75. The standard InChI is InChI=1S/C9H20O3SSi/c1-9(2,3)8(10)7-13(11)12-14(4,5)6/h7H2,1-6H3. The van der Waals surface area contributed by atoms with Gasteiger partial charge in [-0.2, -0.15) is 0 Å². The normalized spacial score (nSPS) is 15.3. The van der Waals surface area contributed by atoms with Crippen LogP contribution in [0, 0.1) is 5.41 Å². The SMILES string of the molecule is CC(C)(C)C(=O)CS(=O)O[Si](C)(C)C. The van der Waals surface area contributed by atoms with Crippen LogP contribution in [0.1, 0.15) is 20.8 Å². The lowest BCUT2D eigenvalue weighted by Gasteiger charge is -2.19. The number of carbonyl (C=O) groups is 1. The molecule has 0 aromatic heterocycles. The summed E-state index contributed by atoms with van der Waals surface area (Å²) in [5.74, 6) is -0.0117. The summed E-state index contributed by atoms with van der Waals surface area (Å²) in [6, 6.07) is 0. The molecule has 14 heavy (non-hydrogen) atoms. The van der Waals surface area contributed by atoms with Crippen LogP contribution in [-0.4, -0.2) is 24.1 Å². The van der Waals surface area contributed by atoms with Gasteiger partial charge in [0.15, 0.2) is 16.9 Å². The number of hydrogen-bond acceptors (Lipinski definition) is 3. The lowest BCUT2D eigenvalue weighted by atomic mass is 9.92. The summed E-state index contributed by atoms with van der Waals surface area (Å²) >= 11 is -1.45. The van der Waals surface area contributed by atoms with Crippen molar-refractivity contribution in [1.29, 1.82) is 0 Å². The Kier molecular flexibility index (Phi) is 4.68. The molecule has 0 amide bonds. The monoisotopic (exact) mass is 236 g/mol. The van der Waals surface area contributed by atoms with E-state index in [-0.39, 0.29) is 11.5 Å². The van der Waals surface area contributed by atoms with Crippen molar-refractivity contribution in [3.63, 3.8) is 0 Å². The minimum absolute atomic E-state index is 0.00771. The highest BCUT2D eigenvalue weighted by molar-refractivity contribution is 7.82. The zero-order chi connectivity index (χ0) is 11.6. The average Bonchev–Trinajstić information content (AvgIpc) is 1.79. The van der Waals surface area contributed by atoms with E-state index < -0.39 is 24.8 Å². The topological polar surface area (TPSA) is 43.4 Å². The van der Waals surface area contributed by atoms with E-state index in [9.17, 15) is 9.00 Å². The van der Waals surface area contributed by atoms with Gasteiger partial charge in [0.1, 0.15) is 5.75 Å². The molecule has 0 aliphatic rings. The molecule has 0 rings (SSSR count). The molecule has 0 fully saturated rings. The summed E-state index contributed by atoms with van der Waals surface area (Å²) in [6.45, 7) is 11.3. The second-order valence-corrected chi connectivity index (χ2v) is 11.1. The van der Waals surface area contributed by atoms with E-state index in [0.717, 1.165) is 0 Å². The van der Waals surface area contributed by atoms with Gasteiger partial charge in [0.2, 0.25) is 8.32 Å². The van der Waals surface area contributed by atoms with E-state index in [1.54, 1.807) is 0 Å². The van der Waals surface area contributed by atoms with Gasteiger partial charge >= 0.3 is 0 Å². The Morgan fingerprint density at radius 3 is 2.00 bits per heavy atom.